The van der Waals surface area contributed by atoms with Crippen molar-refractivity contribution in [2.45, 2.75) is 39.8 Å². The molecule has 1 atom stereocenters. The Morgan fingerprint density at radius 2 is 1.97 bits per heavy atom. The number of amides is 2. The van der Waals surface area contributed by atoms with Crippen LogP contribution >= 0.6 is 27.7 Å². The molecule has 0 unspecified atom stereocenters. The first-order chi connectivity index (χ1) is 15.4. The summed E-state index contributed by atoms with van der Waals surface area (Å²) in [6, 6.07) is 12.8. The molecule has 2 aromatic rings. The summed E-state index contributed by atoms with van der Waals surface area (Å²) in [6.07, 6.45) is 2.39. The first-order valence-electron chi connectivity index (χ1n) is 10.2. The van der Waals surface area contributed by atoms with E-state index in [2.05, 4.69) is 22.0 Å². The molecular formula is C24H23BrN2O4S. The van der Waals surface area contributed by atoms with Crippen molar-refractivity contribution in [3.63, 3.8) is 0 Å². The number of imide groups is 1. The fourth-order valence-corrected chi connectivity index (χ4v) is 4.68. The summed E-state index contributed by atoms with van der Waals surface area (Å²) >= 11 is 4.47. The highest BCUT2D eigenvalue weighted by atomic mass is 79.9. The number of hydrogen-bond acceptors (Lipinski definition) is 6. The van der Waals surface area contributed by atoms with Gasteiger partial charge < -0.3 is 9.47 Å². The van der Waals surface area contributed by atoms with E-state index in [0.717, 1.165) is 17.3 Å². The number of carbonyl (C=O) groups is 2. The van der Waals surface area contributed by atoms with Gasteiger partial charge in [0.15, 0.2) is 11.5 Å². The van der Waals surface area contributed by atoms with E-state index >= 15 is 0 Å². The lowest BCUT2D eigenvalue weighted by Crippen LogP contribution is -2.36. The van der Waals surface area contributed by atoms with E-state index in [1.807, 2.05) is 39.0 Å². The summed E-state index contributed by atoms with van der Waals surface area (Å²) in [4.78, 5) is 26.7. The second-order valence-corrected chi connectivity index (χ2v) is 8.98. The fraction of sp³-hybridized carbons (Fsp3) is 0.292. The van der Waals surface area contributed by atoms with Crippen LogP contribution < -0.4 is 9.47 Å². The van der Waals surface area contributed by atoms with Crippen LogP contribution in [0.1, 0.15) is 43.9 Å². The molecule has 0 radical (unpaired) electrons. The van der Waals surface area contributed by atoms with Gasteiger partial charge in [0.1, 0.15) is 6.61 Å². The first kappa shape index (κ1) is 23.9. The van der Waals surface area contributed by atoms with E-state index in [9.17, 15) is 14.9 Å². The number of rotatable bonds is 8. The van der Waals surface area contributed by atoms with Gasteiger partial charge in [0, 0.05) is 11.6 Å². The van der Waals surface area contributed by atoms with E-state index in [-0.39, 0.29) is 23.8 Å². The second-order valence-electron chi connectivity index (χ2n) is 7.13. The largest absolute Gasteiger partial charge is 0.490 e. The Labute approximate surface area is 200 Å². The minimum atomic E-state index is -0.281. The Balaban J connectivity index is 1.89. The molecule has 0 spiro atoms. The van der Waals surface area contributed by atoms with Crippen LogP contribution in [0.25, 0.3) is 6.08 Å². The molecule has 8 heteroatoms. The fourth-order valence-electron chi connectivity index (χ4n) is 3.17. The zero-order chi connectivity index (χ0) is 23.3. The van der Waals surface area contributed by atoms with Crippen molar-refractivity contribution in [1.29, 1.82) is 5.26 Å². The van der Waals surface area contributed by atoms with Gasteiger partial charge in [-0.15, -0.1) is 0 Å². The topological polar surface area (TPSA) is 79.6 Å². The quantitative estimate of drug-likeness (QED) is 0.394. The highest BCUT2D eigenvalue weighted by molar-refractivity contribution is 9.10. The molecule has 1 fully saturated rings. The van der Waals surface area contributed by atoms with Crippen LogP contribution in [0.3, 0.4) is 0 Å². The molecule has 32 heavy (non-hydrogen) atoms. The van der Waals surface area contributed by atoms with Gasteiger partial charge in [-0.05, 0) is 77.8 Å². The third kappa shape index (κ3) is 5.17. The number of thioether (sulfide) groups is 1. The summed E-state index contributed by atoms with van der Waals surface area (Å²) in [6.45, 7) is 6.30. The maximum atomic E-state index is 12.7. The van der Waals surface area contributed by atoms with Crippen LogP contribution in [0.5, 0.6) is 11.5 Å². The van der Waals surface area contributed by atoms with Gasteiger partial charge in [-0.2, -0.15) is 5.26 Å². The Hall–Kier alpha value is -2.76. The minimum absolute atomic E-state index is 0.147. The predicted molar refractivity (Wildman–Crippen MR) is 128 cm³/mol. The molecule has 1 heterocycles. The number of ether oxygens (including phenoxy) is 2. The third-order valence-electron chi connectivity index (χ3n) is 4.99. The van der Waals surface area contributed by atoms with Gasteiger partial charge in [-0.3, -0.25) is 14.5 Å². The van der Waals surface area contributed by atoms with Crippen molar-refractivity contribution in [2.24, 2.45) is 0 Å². The molecule has 0 aliphatic carbocycles. The third-order valence-corrected chi connectivity index (χ3v) is 6.47. The van der Waals surface area contributed by atoms with Gasteiger partial charge in [-0.25, -0.2) is 0 Å². The van der Waals surface area contributed by atoms with Crippen molar-refractivity contribution in [2.75, 3.05) is 6.61 Å². The van der Waals surface area contributed by atoms with Crippen LogP contribution in [0.4, 0.5) is 4.79 Å². The summed E-state index contributed by atoms with van der Waals surface area (Å²) in [5.41, 5.74) is 2.03. The molecular weight excluding hydrogens is 492 g/mol. The number of halogens is 1. The molecule has 0 saturated carbocycles. The molecule has 0 N–H and O–H groups in total. The van der Waals surface area contributed by atoms with Crippen LogP contribution in [0, 0.1) is 11.3 Å². The molecule has 1 aliphatic heterocycles. The SMILES string of the molecule is CCOc1cc(/C=C2/SC(=O)N([C@H](C)CC)C2=O)cc(Br)c1OCc1ccccc1C#N. The van der Waals surface area contributed by atoms with Crippen molar-refractivity contribution in [3.05, 3.63) is 62.5 Å². The van der Waals surface area contributed by atoms with Crippen LogP contribution in [0.15, 0.2) is 45.8 Å². The number of carbonyl (C=O) groups excluding carboxylic acids is 2. The van der Waals surface area contributed by atoms with Gasteiger partial charge in [0.25, 0.3) is 11.1 Å². The van der Waals surface area contributed by atoms with E-state index in [0.29, 0.717) is 45.0 Å². The molecule has 6 nitrogen and oxygen atoms in total. The minimum Gasteiger partial charge on any atom is -0.490 e. The van der Waals surface area contributed by atoms with E-state index in [1.54, 1.807) is 24.3 Å². The maximum Gasteiger partial charge on any atom is 0.293 e. The van der Waals surface area contributed by atoms with E-state index in [4.69, 9.17) is 9.47 Å². The van der Waals surface area contributed by atoms with Crippen LogP contribution in [-0.2, 0) is 11.4 Å². The monoisotopic (exact) mass is 514 g/mol. The molecule has 1 saturated heterocycles. The number of benzene rings is 2. The Morgan fingerprint density at radius 3 is 2.66 bits per heavy atom. The standard InChI is InChI=1S/C24H23BrN2O4S/c1-4-15(3)27-23(28)21(32-24(27)29)12-16-10-19(25)22(20(11-16)30-5-2)31-14-18-9-7-6-8-17(18)13-26/h6-12,15H,4-5,14H2,1-3H3/b21-12+/t15-/m1/s1. The van der Waals surface area contributed by atoms with E-state index < -0.39 is 0 Å². The van der Waals surface area contributed by atoms with E-state index in [1.165, 1.54) is 4.90 Å². The molecule has 3 rings (SSSR count). The average Bonchev–Trinajstić information content (AvgIpc) is 3.05. The molecule has 2 amide bonds. The maximum absolute atomic E-state index is 12.7. The van der Waals surface area contributed by atoms with Crippen LogP contribution in [-0.4, -0.2) is 28.7 Å². The van der Waals surface area contributed by atoms with Gasteiger partial charge in [-0.1, -0.05) is 25.1 Å². The highest BCUT2D eigenvalue weighted by Gasteiger charge is 2.37. The molecule has 0 aromatic heterocycles. The number of nitriles is 1. The van der Waals surface area contributed by atoms with Gasteiger partial charge in [0.05, 0.1) is 27.6 Å². The van der Waals surface area contributed by atoms with Crippen molar-refractivity contribution < 1.29 is 19.1 Å². The van der Waals surface area contributed by atoms with Crippen molar-refractivity contribution >= 4 is 44.9 Å². The molecule has 2 aromatic carbocycles. The lowest BCUT2D eigenvalue weighted by Gasteiger charge is -2.19. The molecule has 166 valence electrons. The lowest BCUT2D eigenvalue weighted by atomic mass is 10.1. The Bertz CT molecular complexity index is 1110. The molecule has 0 bridgehead atoms. The Kier molecular flexibility index (Phi) is 7.99. The Morgan fingerprint density at radius 1 is 1.22 bits per heavy atom. The van der Waals surface area contributed by atoms with Crippen molar-refractivity contribution in [1.82, 2.24) is 4.90 Å². The van der Waals surface area contributed by atoms with Gasteiger partial charge in [0.2, 0.25) is 0 Å². The van der Waals surface area contributed by atoms with Crippen LogP contribution in [0.2, 0.25) is 0 Å². The normalized spacial score (nSPS) is 15.7. The summed E-state index contributed by atoms with van der Waals surface area (Å²) in [7, 11) is 0. The summed E-state index contributed by atoms with van der Waals surface area (Å²) < 4.78 is 12.4. The second kappa shape index (κ2) is 10.7. The zero-order valence-electron chi connectivity index (χ0n) is 18.1. The first-order valence-corrected chi connectivity index (χ1v) is 11.8. The summed E-state index contributed by atoms with van der Waals surface area (Å²) in [5, 5.41) is 9.03. The summed E-state index contributed by atoms with van der Waals surface area (Å²) in [5.74, 6) is 0.727. The lowest BCUT2D eigenvalue weighted by molar-refractivity contribution is -0.124. The van der Waals surface area contributed by atoms with Crippen molar-refractivity contribution in [3.8, 4) is 17.6 Å². The highest BCUT2D eigenvalue weighted by Crippen LogP contribution is 2.40. The molecule has 1 aliphatic rings. The predicted octanol–water partition coefficient (Wildman–Crippen LogP) is 6.13. The number of nitrogens with zero attached hydrogens (tertiary/aromatic N) is 2. The van der Waals surface area contributed by atoms with Gasteiger partial charge >= 0.3 is 0 Å². The smallest absolute Gasteiger partial charge is 0.293 e. The number of hydrogen-bond donors (Lipinski definition) is 0. The average molecular weight is 515 g/mol. The zero-order valence-corrected chi connectivity index (χ0v) is 20.5.